The van der Waals surface area contributed by atoms with Crippen LogP contribution in [0, 0.1) is 20.8 Å². The minimum absolute atomic E-state index is 0.0940. The summed E-state index contributed by atoms with van der Waals surface area (Å²) in [7, 11) is -3.57. The van der Waals surface area contributed by atoms with Crippen LogP contribution in [0.25, 0.3) is 0 Å². The lowest BCUT2D eigenvalue weighted by Crippen LogP contribution is -2.54. The van der Waals surface area contributed by atoms with Crippen molar-refractivity contribution < 1.29 is 18.0 Å². The Kier molecular flexibility index (Phi) is 11.0. The minimum Gasteiger partial charge on any atom is -0.350 e. The van der Waals surface area contributed by atoms with Crippen LogP contribution < -0.4 is 9.62 Å². The molecule has 0 bridgehead atoms. The van der Waals surface area contributed by atoms with Crippen LogP contribution in [0.2, 0.25) is 0 Å². The smallest absolute Gasteiger partial charge is 0.243 e. The van der Waals surface area contributed by atoms with E-state index in [0.29, 0.717) is 18.5 Å². The molecule has 1 N–H and O–H groups in total. The van der Waals surface area contributed by atoms with E-state index in [1.54, 1.807) is 4.90 Å². The van der Waals surface area contributed by atoms with Crippen molar-refractivity contribution in [2.24, 2.45) is 0 Å². The third-order valence-corrected chi connectivity index (χ3v) is 8.05. The molecule has 3 aromatic carbocycles. The third-order valence-electron chi connectivity index (χ3n) is 6.85. The van der Waals surface area contributed by atoms with Gasteiger partial charge in [0.25, 0.3) is 0 Å². The van der Waals surface area contributed by atoms with E-state index < -0.39 is 21.6 Å². The molecule has 0 radical (unpaired) electrons. The highest BCUT2D eigenvalue weighted by Gasteiger charge is 2.32. The predicted octanol–water partition coefficient (Wildman–Crippen LogP) is 5.71. The van der Waals surface area contributed by atoms with Gasteiger partial charge in [0.15, 0.2) is 0 Å². The van der Waals surface area contributed by atoms with Gasteiger partial charge in [0.05, 0.1) is 11.9 Å². The van der Waals surface area contributed by atoms with Crippen LogP contribution in [0.1, 0.15) is 61.4 Å². The highest BCUT2D eigenvalue weighted by atomic mass is 32.2. The number of nitrogens with one attached hydrogen (secondary N) is 1. The molecule has 226 valence electrons. The van der Waals surface area contributed by atoms with Crippen LogP contribution in [0.5, 0.6) is 0 Å². The number of hydrogen-bond acceptors (Lipinski definition) is 4. The van der Waals surface area contributed by atoms with Crippen molar-refractivity contribution in [3.05, 3.63) is 101 Å². The van der Waals surface area contributed by atoms with Crippen molar-refractivity contribution in [1.82, 2.24) is 10.2 Å². The van der Waals surface area contributed by atoms with Gasteiger partial charge in [-0.15, -0.1) is 0 Å². The third kappa shape index (κ3) is 10.0. The summed E-state index contributed by atoms with van der Waals surface area (Å²) in [4.78, 5) is 29.4. The molecule has 42 heavy (non-hydrogen) atoms. The van der Waals surface area contributed by atoms with Crippen molar-refractivity contribution in [2.45, 2.75) is 78.9 Å². The fourth-order valence-electron chi connectivity index (χ4n) is 5.11. The minimum atomic E-state index is -3.57. The number of sulfonamides is 1. The second kappa shape index (κ2) is 14.0. The second-order valence-corrected chi connectivity index (χ2v) is 14.1. The number of carbonyl (C=O) groups is 2. The van der Waals surface area contributed by atoms with Gasteiger partial charge in [-0.2, -0.15) is 0 Å². The maximum Gasteiger partial charge on any atom is 0.243 e. The lowest BCUT2D eigenvalue weighted by atomic mass is 10.00. The number of carbonyl (C=O) groups excluding carboxylic acids is 2. The monoisotopic (exact) mass is 591 g/mol. The highest BCUT2D eigenvalue weighted by molar-refractivity contribution is 7.92. The molecule has 3 aromatic rings. The number of aryl methyl sites for hydroxylation is 3. The van der Waals surface area contributed by atoms with Gasteiger partial charge >= 0.3 is 0 Å². The second-order valence-electron chi connectivity index (χ2n) is 12.2. The van der Waals surface area contributed by atoms with Gasteiger partial charge in [0.2, 0.25) is 21.8 Å². The Labute approximate surface area is 252 Å². The van der Waals surface area contributed by atoms with Crippen LogP contribution >= 0.6 is 0 Å². The fraction of sp³-hybridized carbons (Fsp3) is 0.412. The van der Waals surface area contributed by atoms with Crippen LogP contribution in [-0.4, -0.2) is 49.5 Å². The Bertz CT molecular complexity index is 1460. The summed E-state index contributed by atoms with van der Waals surface area (Å²) in [5.74, 6) is -0.421. The standard InChI is InChI=1S/C34H45N3O4S/c1-25-13-11-16-29(20-25)24-36(31(33(39)35-34(4,5)6)23-28-14-9-8-10-15-28)32(38)17-12-18-37(42(7,40)41)30-21-26(2)19-27(3)22-30/h8-11,13-16,19-22,31H,12,17-18,23-24H2,1-7H3,(H,35,39)/t31-/m1/s1. The Morgan fingerprint density at radius 3 is 2.02 bits per heavy atom. The zero-order valence-corrected chi connectivity index (χ0v) is 26.8. The summed E-state index contributed by atoms with van der Waals surface area (Å²) in [6.45, 7) is 12.0. The maximum absolute atomic E-state index is 14.0. The number of amides is 2. The molecule has 0 aliphatic heterocycles. The topological polar surface area (TPSA) is 86.8 Å². The molecule has 0 aliphatic rings. The van der Waals surface area contributed by atoms with Crippen LogP contribution in [0.3, 0.4) is 0 Å². The molecule has 0 fully saturated rings. The van der Waals surface area contributed by atoms with Gasteiger partial charge < -0.3 is 10.2 Å². The predicted molar refractivity (Wildman–Crippen MR) is 171 cm³/mol. The highest BCUT2D eigenvalue weighted by Crippen LogP contribution is 2.23. The summed E-state index contributed by atoms with van der Waals surface area (Å²) in [6.07, 6.45) is 1.94. The van der Waals surface area contributed by atoms with Gasteiger partial charge in [-0.3, -0.25) is 13.9 Å². The molecule has 7 nitrogen and oxygen atoms in total. The number of hydrogen-bond donors (Lipinski definition) is 1. The van der Waals surface area contributed by atoms with E-state index >= 15 is 0 Å². The lowest BCUT2D eigenvalue weighted by Gasteiger charge is -2.34. The lowest BCUT2D eigenvalue weighted by molar-refractivity contribution is -0.142. The molecule has 0 aromatic heterocycles. The summed E-state index contributed by atoms with van der Waals surface area (Å²) in [6, 6.07) is 22.5. The average molecular weight is 592 g/mol. The number of benzene rings is 3. The maximum atomic E-state index is 14.0. The normalized spacial score (nSPS) is 12.5. The Balaban J connectivity index is 1.92. The van der Waals surface area contributed by atoms with Gasteiger partial charge in [0.1, 0.15) is 6.04 Å². The van der Waals surface area contributed by atoms with Crippen LogP contribution in [0.15, 0.2) is 72.8 Å². The van der Waals surface area contributed by atoms with Crippen molar-refractivity contribution in [3.63, 3.8) is 0 Å². The van der Waals surface area contributed by atoms with Crippen LogP contribution in [-0.2, 0) is 32.6 Å². The summed E-state index contributed by atoms with van der Waals surface area (Å²) < 4.78 is 26.9. The van der Waals surface area contributed by atoms with Crippen molar-refractivity contribution in [2.75, 3.05) is 17.1 Å². The van der Waals surface area contributed by atoms with Crippen molar-refractivity contribution in [1.29, 1.82) is 0 Å². The molecule has 0 heterocycles. The van der Waals surface area contributed by atoms with Crippen molar-refractivity contribution in [3.8, 4) is 0 Å². The molecular weight excluding hydrogens is 546 g/mol. The van der Waals surface area contributed by atoms with Gasteiger partial charge in [-0.25, -0.2) is 8.42 Å². The number of nitrogens with zero attached hydrogens (tertiary/aromatic N) is 2. The zero-order chi connectivity index (χ0) is 31.1. The molecule has 0 saturated heterocycles. The first-order chi connectivity index (χ1) is 19.6. The van der Waals surface area contributed by atoms with Gasteiger partial charge in [0, 0.05) is 31.5 Å². The summed E-state index contributed by atoms with van der Waals surface area (Å²) in [5.41, 5.74) is 4.98. The molecule has 3 rings (SSSR count). The molecular formula is C34H45N3O4S. The fourth-order valence-corrected chi connectivity index (χ4v) is 6.06. The Morgan fingerprint density at radius 2 is 1.45 bits per heavy atom. The van der Waals surface area contributed by atoms with Crippen LogP contribution in [0.4, 0.5) is 5.69 Å². The first kappa shape index (κ1) is 32.9. The van der Waals surface area contributed by atoms with Gasteiger partial charge in [-0.05, 0) is 82.3 Å². The van der Waals surface area contributed by atoms with E-state index in [4.69, 9.17) is 0 Å². The SMILES string of the molecule is Cc1cccc(CN(C(=O)CCCN(c2cc(C)cc(C)c2)S(C)(=O)=O)[C@H](Cc2ccccc2)C(=O)NC(C)(C)C)c1. The van der Waals surface area contributed by atoms with Crippen molar-refractivity contribution >= 4 is 27.5 Å². The summed E-state index contributed by atoms with van der Waals surface area (Å²) in [5, 5.41) is 3.08. The van der Waals surface area contributed by atoms with E-state index in [1.165, 1.54) is 10.6 Å². The molecule has 0 unspecified atom stereocenters. The molecule has 0 aliphatic carbocycles. The van der Waals surface area contributed by atoms with E-state index in [9.17, 15) is 18.0 Å². The Morgan fingerprint density at radius 1 is 0.833 bits per heavy atom. The van der Waals surface area contributed by atoms with E-state index in [-0.39, 0.29) is 31.3 Å². The number of anilines is 1. The molecule has 8 heteroatoms. The summed E-state index contributed by atoms with van der Waals surface area (Å²) >= 11 is 0. The molecule has 1 atom stereocenters. The van der Waals surface area contributed by atoms with E-state index in [0.717, 1.165) is 27.8 Å². The van der Waals surface area contributed by atoms with E-state index in [1.807, 2.05) is 114 Å². The molecule has 2 amide bonds. The number of rotatable bonds is 12. The average Bonchev–Trinajstić information content (AvgIpc) is 2.86. The molecule has 0 spiro atoms. The van der Waals surface area contributed by atoms with E-state index in [2.05, 4.69) is 5.32 Å². The first-order valence-corrected chi connectivity index (χ1v) is 16.2. The quantitative estimate of drug-likeness (QED) is 0.292. The first-order valence-electron chi connectivity index (χ1n) is 14.4. The molecule has 0 saturated carbocycles. The van der Waals surface area contributed by atoms with Gasteiger partial charge in [-0.1, -0.05) is 66.2 Å². The largest absolute Gasteiger partial charge is 0.350 e. The zero-order valence-electron chi connectivity index (χ0n) is 26.0. The Hall–Kier alpha value is -3.65.